The highest BCUT2D eigenvalue weighted by Gasteiger charge is 2.17. The van der Waals surface area contributed by atoms with E-state index in [1.54, 1.807) is 30.2 Å². The van der Waals surface area contributed by atoms with Gasteiger partial charge in [0.1, 0.15) is 0 Å². The average Bonchev–Trinajstić information content (AvgIpc) is 3.49. The van der Waals surface area contributed by atoms with Crippen LogP contribution < -0.4 is 5.32 Å². The zero-order chi connectivity index (χ0) is 23.0. The van der Waals surface area contributed by atoms with Gasteiger partial charge >= 0.3 is 0 Å². The number of rotatable bonds is 10. The molecule has 4 aromatic rings. The van der Waals surface area contributed by atoms with Crippen LogP contribution in [0.1, 0.15) is 19.2 Å². The Morgan fingerprint density at radius 2 is 1.91 bits per heavy atom. The van der Waals surface area contributed by atoms with Crippen LogP contribution in [0.15, 0.2) is 85.6 Å². The number of carbonyl (C=O) groups excluding carboxylic acids is 1. The van der Waals surface area contributed by atoms with Gasteiger partial charge in [0.2, 0.25) is 11.8 Å². The Kier molecular flexibility index (Phi) is 7.83. The van der Waals surface area contributed by atoms with Gasteiger partial charge in [-0.15, -0.1) is 10.2 Å². The predicted octanol–water partition coefficient (Wildman–Crippen LogP) is 5.98. The van der Waals surface area contributed by atoms with Gasteiger partial charge in [-0.2, -0.15) is 0 Å². The Labute approximate surface area is 201 Å². The molecule has 1 amide bonds. The standard InChI is InChI=1S/C24H23ClN4O3S/c1-2-13-29(16-23-27-28-24(32-23)20-7-5-14-31-20)15-22(30)26-19-6-3-4-8-21(19)33-18-11-9-17(25)10-12-18/h3-12,14H,2,13,15-16H2,1H3,(H,26,30). The van der Waals surface area contributed by atoms with Gasteiger partial charge in [0, 0.05) is 14.8 Å². The van der Waals surface area contributed by atoms with Crippen LogP contribution in [0.3, 0.4) is 0 Å². The molecule has 0 radical (unpaired) electrons. The molecule has 0 aliphatic heterocycles. The summed E-state index contributed by atoms with van der Waals surface area (Å²) in [6, 6.07) is 18.9. The Morgan fingerprint density at radius 3 is 2.67 bits per heavy atom. The van der Waals surface area contributed by atoms with E-state index in [1.165, 1.54) is 0 Å². The Hall–Kier alpha value is -3.07. The molecule has 0 unspecified atom stereocenters. The molecule has 4 rings (SSSR count). The summed E-state index contributed by atoms with van der Waals surface area (Å²) < 4.78 is 11.0. The fourth-order valence-corrected chi connectivity index (χ4v) is 4.25. The van der Waals surface area contributed by atoms with Crippen molar-refractivity contribution < 1.29 is 13.6 Å². The first-order valence-corrected chi connectivity index (χ1v) is 11.7. The SMILES string of the molecule is CCCN(CC(=O)Nc1ccccc1Sc1ccc(Cl)cc1)Cc1nnc(-c2ccco2)o1. The number of furan rings is 1. The van der Waals surface area contributed by atoms with Gasteiger partial charge in [-0.1, -0.05) is 42.4 Å². The second-order valence-corrected chi connectivity index (χ2v) is 8.84. The van der Waals surface area contributed by atoms with Crippen molar-refractivity contribution in [1.82, 2.24) is 15.1 Å². The number of benzene rings is 2. The molecule has 0 saturated carbocycles. The van der Waals surface area contributed by atoms with Crippen LogP contribution in [-0.2, 0) is 11.3 Å². The number of hydrogen-bond acceptors (Lipinski definition) is 7. The molecule has 170 valence electrons. The highest BCUT2D eigenvalue weighted by atomic mass is 35.5. The largest absolute Gasteiger partial charge is 0.459 e. The minimum absolute atomic E-state index is 0.113. The van der Waals surface area contributed by atoms with Crippen molar-refractivity contribution in [1.29, 1.82) is 0 Å². The molecule has 0 aliphatic rings. The molecule has 2 heterocycles. The lowest BCUT2D eigenvalue weighted by atomic mass is 10.3. The van der Waals surface area contributed by atoms with Crippen molar-refractivity contribution in [3.63, 3.8) is 0 Å². The first kappa shape index (κ1) is 23.1. The lowest BCUT2D eigenvalue weighted by Gasteiger charge is -2.19. The molecule has 2 aromatic carbocycles. The molecule has 2 aromatic heterocycles. The van der Waals surface area contributed by atoms with E-state index in [0.29, 0.717) is 35.7 Å². The molecule has 0 spiro atoms. The van der Waals surface area contributed by atoms with Crippen LogP contribution in [0.4, 0.5) is 5.69 Å². The third-order valence-corrected chi connectivity index (χ3v) is 6.00. The van der Waals surface area contributed by atoms with Crippen molar-refractivity contribution in [2.75, 3.05) is 18.4 Å². The van der Waals surface area contributed by atoms with E-state index in [9.17, 15) is 4.79 Å². The van der Waals surface area contributed by atoms with E-state index >= 15 is 0 Å². The Balaban J connectivity index is 1.40. The van der Waals surface area contributed by atoms with E-state index in [0.717, 1.165) is 21.9 Å². The quantitative estimate of drug-likeness (QED) is 0.297. The molecule has 33 heavy (non-hydrogen) atoms. The van der Waals surface area contributed by atoms with Crippen molar-refractivity contribution in [3.8, 4) is 11.7 Å². The van der Waals surface area contributed by atoms with E-state index < -0.39 is 0 Å². The van der Waals surface area contributed by atoms with Crippen LogP contribution in [0.2, 0.25) is 5.02 Å². The highest BCUT2D eigenvalue weighted by Crippen LogP contribution is 2.33. The number of nitrogens with one attached hydrogen (secondary N) is 1. The minimum atomic E-state index is -0.113. The van der Waals surface area contributed by atoms with Crippen LogP contribution >= 0.6 is 23.4 Å². The summed E-state index contributed by atoms with van der Waals surface area (Å²) in [5.41, 5.74) is 0.761. The number of amides is 1. The van der Waals surface area contributed by atoms with E-state index in [1.807, 2.05) is 53.4 Å². The summed E-state index contributed by atoms with van der Waals surface area (Å²) in [5.74, 6) is 1.16. The van der Waals surface area contributed by atoms with E-state index in [2.05, 4.69) is 22.4 Å². The predicted molar refractivity (Wildman–Crippen MR) is 128 cm³/mol. The minimum Gasteiger partial charge on any atom is -0.459 e. The maximum atomic E-state index is 12.9. The third-order valence-electron chi connectivity index (χ3n) is 4.67. The average molecular weight is 483 g/mol. The van der Waals surface area contributed by atoms with Crippen LogP contribution in [0.5, 0.6) is 0 Å². The fourth-order valence-electron chi connectivity index (χ4n) is 3.22. The highest BCUT2D eigenvalue weighted by molar-refractivity contribution is 7.99. The molecule has 0 fully saturated rings. The molecule has 1 N–H and O–H groups in total. The smallest absolute Gasteiger partial charge is 0.283 e. The number of para-hydroxylation sites is 1. The van der Waals surface area contributed by atoms with Crippen molar-refractivity contribution in [2.24, 2.45) is 0 Å². The second-order valence-electron chi connectivity index (χ2n) is 7.29. The molecule has 0 saturated heterocycles. The summed E-state index contributed by atoms with van der Waals surface area (Å²) in [6.07, 6.45) is 2.44. The van der Waals surface area contributed by atoms with Crippen LogP contribution in [-0.4, -0.2) is 34.1 Å². The second kappa shape index (κ2) is 11.2. The van der Waals surface area contributed by atoms with Gasteiger partial charge in [0.05, 0.1) is 25.0 Å². The van der Waals surface area contributed by atoms with Crippen molar-refractivity contribution in [3.05, 3.63) is 77.8 Å². The van der Waals surface area contributed by atoms with Gasteiger partial charge in [-0.3, -0.25) is 9.69 Å². The number of aromatic nitrogens is 2. The third kappa shape index (κ3) is 6.47. The van der Waals surface area contributed by atoms with Crippen LogP contribution in [0, 0.1) is 0 Å². The van der Waals surface area contributed by atoms with Gasteiger partial charge in [0.15, 0.2) is 5.76 Å². The summed E-state index contributed by atoms with van der Waals surface area (Å²) in [4.78, 5) is 16.8. The summed E-state index contributed by atoms with van der Waals surface area (Å²) in [6.45, 7) is 3.35. The van der Waals surface area contributed by atoms with Gasteiger partial charge in [0.25, 0.3) is 5.89 Å². The van der Waals surface area contributed by atoms with Crippen molar-refractivity contribution >= 4 is 35.0 Å². The molecule has 0 aliphatic carbocycles. The summed E-state index contributed by atoms with van der Waals surface area (Å²) in [5, 5.41) is 11.8. The normalized spacial score (nSPS) is 11.1. The van der Waals surface area contributed by atoms with E-state index in [4.69, 9.17) is 20.4 Å². The first-order chi connectivity index (χ1) is 16.1. The maximum absolute atomic E-state index is 12.9. The van der Waals surface area contributed by atoms with Crippen LogP contribution in [0.25, 0.3) is 11.7 Å². The monoisotopic (exact) mass is 482 g/mol. The van der Waals surface area contributed by atoms with Gasteiger partial charge in [-0.25, -0.2) is 0 Å². The molecular weight excluding hydrogens is 460 g/mol. The zero-order valence-corrected chi connectivity index (χ0v) is 19.6. The molecule has 0 atom stereocenters. The zero-order valence-electron chi connectivity index (χ0n) is 18.0. The number of nitrogens with zero attached hydrogens (tertiary/aromatic N) is 3. The van der Waals surface area contributed by atoms with Gasteiger partial charge in [-0.05, 0) is 61.5 Å². The fraction of sp³-hybridized carbons (Fsp3) is 0.208. The summed E-state index contributed by atoms with van der Waals surface area (Å²) in [7, 11) is 0. The Bertz CT molecular complexity index is 1180. The molecule has 0 bridgehead atoms. The first-order valence-electron chi connectivity index (χ1n) is 10.5. The van der Waals surface area contributed by atoms with Gasteiger partial charge < -0.3 is 14.2 Å². The number of halogens is 1. The number of carbonyl (C=O) groups is 1. The lowest BCUT2D eigenvalue weighted by Crippen LogP contribution is -2.33. The number of hydrogen-bond donors (Lipinski definition) is 1. The molecule has 7 nitrogen and oxygen atoms in total. The summed E-state index contributed by atoms with van der Waals surface area (Å²) >= 11 is 7.55. The Morgan fingerprint density at radius 1 is 1.09 bits per heavy atom. The van der Waals surface area contributed by atoms with E-state index in [-0.39, 0.29) is 12.5 Å². The maximum Gasteiger partial charge on any atom is 0.283 e. The molecule has 9 heteroatoms. The number of anilines is 1. The van der Waals surface area contributed by atoms with Crippen molar-refractivity contribution in [2.45, 2.75) is 29.7 Å². The topological polar surface area (TPSA) is 84.4 Å². The molecular formula is C24H23ClN4O3S. The lowest BCUT2D eigenvalue weighted by molar-refractivity contribution is -0.117.